The fourth-order valence-electron chi connectivity index (χ4n) is 1.86. The molecular weight excluding hydrogens is 316 g/mol. The zero-order chi connectivity index (χ0) is 16.4. The molecule has 21 heavy (non-hydrogen) atoms. The van der Waals surface area contributed by atoms with E-state index >= 15 is 0 Å². The number of sulfonamides is 1. The molecule has 8 heteroatoms. The highest BCUT2D eigenvalue weighted by Gasteiger charge is 2.42. The summed E-state index contributed by atoms with van der Waals surface area (Å²) in [5.41, 5.74) is -1.51. The van der Waals surface area contributed by atoms with Crippen LogP contribution in [0.2, 0.25) is 5.02 Å². The van der Waals surface area contributed by atoms with Crippen molar-refractivity contribution in [2.75, 3.05) is 6.54 Å². The molecule has 0 aliphatic heterocycles. The van der Waals surface area contributed by atoms with Gasteiger partial charge >= 0.3 is 5.97 Å². The number of carboxylic acid groups (broad SMARTS) is 1. The maximum atomic E-state index is 12.7. The predicted molar refractivity (Wildman–Crippen MR) is 77.4 cm³/mol. The minimum atomic E-state index is -4.15. The molecule has 0 aliphatic rings. The van der Waals surface area contributed by atoms with Crippen LogP contribution in [-0.2, 0) is 14.8 Å². The van der Waals surface area contributed by atoms with Crippen molar-refractivity contribution in [1.82, 2.24) is 4.31 Å². The van der Waals surface area contributed by atoms with Crippen molar-refractivity contribution in [3.63, 3.8) is 0 Å². The molecule has 0 unspecified atom stereocenters. The highest BCUT2D eigenvalue weighted by molar-refractivity contribution is 7.89. The largest absolute Gasteiger partial charge is 0.480 e. The number of carboxylic acids is 1. The van der Waals surface area contributed by atoms with E-state index in [9.17, 15) is 18.3 Å². The fraction of sp³-hybridized carbons (Fsp3) is 0.385. The van der Waals surface area contributed by atoms with E-state index in [1.807, 2.05) is 6.07 Å². The molecule has 0 atom stereocenters. The topological polar surface area (TPSA) is 98.5 Å². The molecule has 0 saturated carbocycles. The number of nitrogens with zero attached hydrogens (tertiary/aromatic N) is 2. The van der Waals surface area contributed by atoms with E-state index in [4.69, 9.17) is 16.9 Å². The van der Waals surface area contributed by atoms with Gasteiger partial charge in [-0.1, -0.05) is 18.5 Å². The molecule has 1 aromatic carbocycles. The van der Waals surface area contributed by atoms with Crippen LogP contribution in [-0.4, -0.2) is 35.9 Å². The van der Waals surface area contributed by atoms with Crippen LogP contribution in [0.25, 0.3) is 0 Å². The van der Waals surface area contributed by atoms with E-state index in [2.05, 4.69) is 0 Å². The molecule has 0 saturated heterocycles. The van der Waals surface area contributed by atoms with Crippen molar-refractivity contribution in [2.24, 2.45) is 0 Å². The van der Waals surface area contributed by atoms with Crippen molar-refractivity contribution in [3.05, 3.63) is 28.8 Å². The van der Waals surface area contributed by atoms with Gasteiger partial charge in [0.25, 0.3) is 0 Å². The first-order valence-corrected chi connectivity index (χ1v) is 7.86. The molecule has 0 spiro atoms. The van der Waals surface area contributed by atoms with E-state index in [1.54, 1.807) is 0 Å². The smallest absolute Gasteiger partial charge is 0.324 e. The Hall–Kier alpha value is -1.62. The third-order valence-corrected chi connectivity index (χ3v) is 5.69. The van der Waals surface area contributed by atoms with Gasteiger partial charge in [-0.25, -0.2) is 8.42 Å². The van der Waals surface area contributed by atoms with Crippen molar-refractivity contribution in [1.29, 1.82) is 5.26 Å². The van der Waals surface area contributed by atoms with E-state index in [-0.39, 0.29) is 22.0 Å². The van der Waals surface area contributed by atoms with Crippen LogP contribution in [0.4, 0.5) is 0 Å². The fourth-order valence-corrected chi connectivity index (χ4v) is 4.12. The van der Waals surface area contributed by atoms with Gasteiger partial charge in [-0.2, -0.15) is 9.57 Å². The van der Waals surface area contributed by atoms with E-state index in [0.29, 0.717) is 0 Å². The van der Waals surface area contributed by atoms with Crippen molar-refractivity contribution in [2.45, 2.75) is 31.2 Å². The van der Waals surface area contributed by atoms with Crippen LogP contribution >= 0.6 is 11.6 Å². The number of benzene rings is 1. The Morgan fingerprint density at radius 3 is 2.48 bits per heavy atom. The summed E-state index contributed by atoms with van der Waals surface area (Å²) in [5.74, 6) is -1.28. The second kappa shape index (κ2) is 6.02. The Morgan fingerprint density at radius 2 is 2.05 bits per heavy atom. The lowest BCUT2D eigenvalue weighted by molar-refractivity contribution is -0.146. The Kier molecular flexibility index (Phi) is 4.99. The van der Waals surface area contributed by atoms with E-state index in [0.717, 1.165) is 10.4 Å². The maximum absolute atomic E-state index is 12.7. The first kappa shape index (κ1) is 17.4. The summed E-state index contributed by atoms with van der Waals surface area (Å²) in [6, 6.07) is 5.65. The van der Waals surface area contributed by atoms with Gasteiger partial charge in [0.1, 0.15) is 10.4 Å². The van der Waals surface area contributed by atoms with Gasteiger partial charge in [0.2, 0.25) is 10.0 Å². The lowest BCUT2D eigenvalue weighted by atomic mass is 10.1. The number of rotatable bonds is 5. The Bertz CT molecular complexity index is 707. The first-order chi connectivity index (χ1) is 9.58. The van der Waals surface area contributed by atoms with Crippen molar-refractivity contribution >= 4 is 27.6 Å². The minimum absolute atomic E-state index is 0.0469. The molecule has 0 aliphatic carbocycles. The van der Waals surface area contributed by atoms with E-state index < -0.39 is 21.5 Å². The second-order valence-corrected chi connectivity index (χ2v) is 7.03. The quantitative estimate of drug-likeness (QED) is 0.891. The third kappa shape index (κ3) is 3.18. The highest BCUT2D eigenvalue weighted by Crippen LogP contribution is 2.30. The molecule has 0 aromatic heterocycles. The van der Waals surface area contributed by atoms with Gasteiger partial charge in [0, 0.05) is 6.54 Å². The Balaban J connectivity index is 3.53. The van der Waals surface area contributed by atoms with Crippen LogP contribution in [0.5, 0.6) is 0 Å². The van der Waals surface area contributed by atoms with Crippen molar-refractivity contribution < 1.29 is 18.3 Å². The minimum Gasteiger partial charge on any atom is -0.480 e. The van der Waals surface area contributed by atoms with Gasteiger partial charge in [0.15, 0.2) is 0 Å². The van der Waals surface area contributed by atoms with Crippen molar-refractivity contribution in [3.8, 4) is 6.07 Å². The van der Waals surface area contributed by atoms with Crippen LogP contribution in [0.3, 0.4) is 0 Å². The molecule has 0 radical (unpaired) electrons. The standard InChI is InChI=1S/C13H15ClN2O4S/c1-4-16(13(2,3)12(17)18)21(19,20)11-7-9(8-15)5-6-10(11)14/h5-7H,4H2,1-3H3,(H,17,18). The third-order valence-electron chi connectivity index (χ3n) is 3.06. The molecule has 0 fully saturated rings. The zero-order valence-corrected chi connectivity index (χ0v) is 13.4. The summed E-state index contributed by atoms with van der Waals surface area (Å²) in [6.45, 7) is 4.07. The van der Waals surface area contributed by atoms with Crippen LogP contribution in [0.15, 0.2) is 23.1 Å². The van der Waals surface area contributed by atoms with Gasteiger partial charge < -0.3 is 5.11 Å². The predicted octanol–water partition coefficient (Wildman–Crippen LogP) is 2.09. The molecule has 1 aromatic rings. The number of likely N-dealkylation sites (N-methyl/N-ethyl adjacent to an activating group) is 1. The highest BCUT2D eigenvalue weighted by atomic mass is 35.5. The van der Waals surface area contributed by atoms with Crippen LogP contribution in [0.1, 0.15) is 26.3 Å². The monoisotopic (exact) mass is 330 g/mol. The molecule has 1 N–H and O–H groups in total. The first-order valence-electron chi connectivity index (χ1n) is 6.05. The summed E-state index contributed by atoms with van der Waals surface area (Å²) in [5, 5.41) is 18.0. The lowest BCUT2D eigenvalue weighted by Gasteiger charge is -2.33. The average molecular weight is 331 g/mol. The van der Waals surface area contributed by atoms with Gasteiger partial charge in [-0.05, 0) is 32.0 Å². The normalized spacial score (nSPS) is 12.2. The van der Waals surface area contributed by atoms with Gasteiger partial charge in [-0.15, -0.1) is 0 Å². The van der Waals surface area contributed by atoms with Gasteiger partial charge in [-0.3, -0.25) is 4.79 Å². The van der Waals surface area contributed by atoms with Crippen LogP contribution in [0, 0.1) is 11.3 Å². The molecule has 1 rings (SSSR count). The Morgan fingerprint density at radius 1 is 1.48 bits per heavy atom. The van der Waals surface area contributed by atoms with Gasteiger partial charge in [0.05, 0.1) is 16.7 Å². The van der Waals surface area contributed by atoms with Crippen LogP contribution < -0.4 is 0 Å². The molecule has 0 heterocycles. The summed E-state index contributed by atoms with van der Waals surface area (Å²) in [7, 11) is -4.15. The molecule has 6 nitrogen and oxygen atoms in total. The summed E-state index contributed by atoms with van der Waals surface area (Å²) >= 11 is 5.91. The SMILES string of the molecule is CCN(C(C)(C)C(=O)O)S(=O)(=O)c1cc(C#N)ccc1Cl. The summed E-state index contributed by atoms with van der Waals surface area (Å²) < 4.78 is 26.2. The number of aliphatic carboxylic acids is 1. The number of carbonyl (C=O) groups is 1. The second-order valence-electron chi connectivity index (χ2n) is 4.79. The maximum Gasteiger partial charge on any atom is 0.324 e. The molecule has 114 valence electrons. The lowest BCUT2D eigenvalue weighted by Crippen LogP contribution is -2.52. The Labute approximate surface area is 128 Å². The molecule has 0 amide bonds. The average Bonchev–Trinajstić information content (AvgIpc) is 2.38. The number of hydrogen-bond acceptors (Lipinski definition) is 4. The zero-order valence-electron chi connectivity index (χ0n) is 11.8. The summed E-state index contributed by atoms with van der Waals surface area (Å²) in [4.78, 5) is 11.0. The summed E-state index contributed by atoms with van der Waals surface area (Å²) in [6.07, 6.45) is 0. The van der Waals surface area contributed by atoms with E-state index in [1.165, 1.54) is 32.9 Å². The molecular formula is C13H15ClN2O4S. The molecule has 0 bridgehead atoms. The number of hydrogen-bond donors (Lipinski definition) is 1. The number of halogens is 1. The number of nitriles is 1.